The van der Waals surface area contributed by atoms with Gasteiger partial charge < -0.3 is 10.3 Å². The van der Waals surface area contributed by atoms with Crippen molar-refractivity contribution >= 4 is 39.9 Å². The molecule has 1 amide bonds. The SMILES string of the molecule is O=C(Nc1c[nH]c2ncc(-c3ccccc3F)cc12)c1cnn2ccc(Cl)nc12. The first-order chi connectivity index (χ1) is 14.1. The largest absolute Gasteiger partial charge is 0.344 e. The van der Waals surface area contributed by atoms with Gasteiger partial charge in [0, 0.05) is 35.1 Å². The van der Waals surface area contributed by atoms with E-state index in [1.54, 1.807) is 48.9 Å². The van der Waals surface area contributed by atoms with Gasteiger partial charge in [-0.3, -0.25) is 4.79 Å². The van der Waals surface area contributed by atoms with Crippen molar-refractivity contribution in [3.63, 3.8) is 0 Å². The van der Waals surface area contributed by atoms with E-state index in [0.29, 0.717) is 33.5 Å². The lowest BCUT2D eigenvalue weighted by Crippen LogP contribution is -2.11. The molecule has 2 N–H and O–H groups in total. The summed E-state index contributed by atoms with van der Waals surface area (Å²) in [6, 6.07) is 9.81. The van der Waals surface area contributed by atoms with Crippen LogP contribution < -0.4 is 5.32 Å². The second-order valence-electron chi connectivity index (χ2n) is 6.33. The van der Waals surface area contributed by atoms with E-state index in [1.165, 1.54) is 16.8 Å². The summed E-state index contributed by atoms with van der Waals surface area (Å²) in [5, 5.41) is 7.86. The highest BCUT2D eigenvalue weighted by molar-refractivity contribution is 6.29. The number of halogens is 2. The average molecular weight is 407 g/mol. The van der Waals surface area contributed by atoms with Crippen LogP contribution in [0.15, 0.2) is 61.2 Å². The quantitative estimate of drug-likeness (QED) is 0.437. The molecule has 4 heterocycles. The van der Waals surface area contributed by atoms with Crippen LogP contribution in [0.3, 0.4) is 0 Å². The molecule has 5 rings (SSSR count). The molecule has 0 fully saturated rings. The molecule has 29 heavy (non-hydrogen) atoms. The van der Waals surface area contributed by atoms with E-state index in [0.717, 1.165) is 0 Å². The normalized spacial score (nSPS) is 11.2. The van der Waals surface area contributed by atoms with Gasteiger partial charge in [0.15, 0.2) is 5.65 Å². The molecule has 0 atom stereocenters. The summed E-state index contributed by atoms with van der Waals surface area (Å²) in [5.74, 6) is -0.740. The van der Waals surface area contributed by atoms with Crippen molar-refractivity contribution in [3.05, 3.63) is 77.7 Å². The van der Waals surface area contributed by atoms with Gasteiger partial charge in [0.2, 0.25) is 0 Å². The van der Waals surface area contributed by atoms with Crippen LogP contribution in [0.1, 0.15) is 10.4 Å². The molecule has 0 saturated carbocycles. The zero-order valence-corrected chi connectivity index (χ0v) is 15.5. The number of benzene rings is 1. The van der Waals surface area contributed by atoms with Gasteiger partial charge in [0.25, 0.3) is 5.91 Å². The molecule has 5 aromatic rings. The number of carbonyl (C=O) groups excluding carboxylic acids is 1. The first-order valence-corrected chi connectivity index (χ1v) is 9.01. The molecule has 0 spiro atoms. The van der Waals surface area contributed by atoms with E-state index in [4.69, 9.17) is 11.6 Å². The van der Waals surface area contributed by atoms with Crippen molar-refractivity contribution in [1.29, 1.82) is 0 Å². The van der Waals surface area contributed by atoms with Gasteiger partial charge in [0.1, 0.15) is 22.2 Å². The lowest BCUT2D eigenvalue weighted by Gasteiger charge is -2.05. The molecule has 1 aromatic carbocycles. The Bertz CT molecular complexity index is 1390. The van der Waals surface area contributed by atoms with Crippen molar-refractivity contribution in [3.8, 4) is 11.1 Å². The number of anilines is 1. The van der Waals surface area contributed by atoms with E-state index in [-0.39, 0.29) is 16.5 Å². The Kier molecular flexibility index (Phi) is 3.99. The van der Waals surface area contributed by atoms with E-state index in [9.17, 15) is 9.18 Å². The molecule has 0 saturated heterocycles. The Morgan fingerprint density at radius 2 is 2.07 bits per heavy atom. The molecule has 0 aliphatic carbocycles. The Balaban J connectivity index is 1.53. The molecule has 142 valence electrons. The van der Waals surface area contributed by atoms with Crippen molar-refractivity contribution < 1.29 is 9.18 Å². The Labute approximate surface area is 168 Å². The van der Waals surface area contributed by atoms with Crippen molar-refractivity contribution in [2.24, 2.45) is 0 Å². The molecule has 0 radical (unpaired) electrons. The second-order valence-corrected chi connectivity index (χ2v) is 6.72. The lowest BCUT2D eigenvalue weighted by molar-refractivity contribution is 0.102. The maximum atomic E-state index is 14.1. The van der Waals surface area contributed by atoms with E-state index < -0.39 is 5.91 Å². The van der Waals surface area contributed by atoms with Gasteiger partial charge in [-0.2, -0.15) is 5.10 Å². The van der Waals surface area contributed by atoms with Crippen LogP contribution in [-0.4, -0.2) is 30.5 Å². The Morgan fingerprint density at radius 1 is 1.21 bits per heavy atom. The van der Waals surface area contributed by atoms with Gasteiger partial charge in [-0.15, -0.1) is 0 Å². The highest BCUT2D eigenvalue weighted by Crippen LogP contribution is 2.29. The van der Waals surface area contributed by atoms with Crippen LogP contribution in [0.5, 0.6) is 0 Å². The number of amides is 1. The zero-order valence-electron chi connectivity index (χ0n) is 14.7. The fraction of sp³-hybridized carbons (Fsp3) is 0. The summed E-state index contributed by atoms with van der Waals surface area (Å²) in [7, 11) is 0. The van der Waals surface area contributed by atoms with E-state index in [2.05, 4.69) is 25.4 Å². The number of carbonyl (C=O) groups is 1. The molecule has 4 aromatic heterocycles. The second kappa shape index (κ2) is 6.68. The molecule has 0 aliphatic rings. The number of pyridine rings is 1. The number of fused-ring (bicyclic) bond motifs is 2. The van der Waals surface area contributed by atoms with Crippen LogP contribution in [0.25, 0.3) is 27.8 Å². The summed E-state index contributed by atoms with van der Waals surface area (Å²) in [6.07, 6.45) is 6.26. The number of rotatable bonds is 3. The van der Waals surface area contributed by atoms with E-state index >= 15 is 0 Å². The standard InChI is InChI=1S/C20H12ClFN6O/c21-17-5-6-28-19(27-17)14(9-25-28)20(29)26-16-10-24-18-13(16)7-11(8-23-18)12-3-1-2-4-15(12)22/h1-10H,(H,23,24)(H,26,29). The molecule has 7 nitrogen and oxygen atoms in total. The summed E-state index contributed by atoms with van der Waals surface area (Å²) < 4.78 is 15.6. The van der Waals surface area contributed by atoms with Crippen LogP contribution in [0.2, 0.25) is 5.15 Å². The molecular weight excluding hydrogens is 395 g/mol. The third kappa shape index (κ3) is 2.99. The zero-order chi connectivity index (χ0) is 20.0. The van der Waals surface area contributed by atoms with Gasteiger partial charge >= 0.3 is 0 Å². The molecule has 0 bridgehead atoms. The smallest absolute Gasteiger partial charge is 0.261 e. The Morgan fingerprint density at radius 3 is 2.93 bits per heavy atom. The number of H-pyrrole nitrogens is 1. The third-order valence-electron chi connectivity index (χ3n) is 4.54. The molecule has 9 heteroatoms. The average Bonchev–Trinajstić information content (AvgIpc) is 3.32. The lowest BCUT2D eigenvalue weighted by atomic mass is 10.1. The number of aromatic amines is 1. The number of aromatic nitrogens is 5. The van der Waals surface area contributed by atoms with Crippen molar-refractivity contribution in [2.75, 3.05) is 5.32 Å². The highest BCUT2D eigenvalue weighted by Gasteiger charge is 2.17. The fourth-order valence-electron chi connectivity index (χ4n) is 3.15. The first-order valence-electron chi connectivity index (χ1n) is 8.63. The Hall–Kier alpha value is -3.78. The van der Waals surface area contributed by atoms with Crippen LogP contribution in [-0.2, 0) is 0 Å². The third-order valence-corrected chi connectivity index (χ3v) is 4.75. The van der Waals surface area contributed by atoms with Gasteiger partial charge in [-0.05, 0) is 18.2 Å². The number of hydrogen-bond donors (Lipinski definition) is 2. The monoisotopic (exact) mass is 406 g/mol. The molecular formula is C20H12ClFN6O. The minimum Gasteiger partial charge on any atom is -0.344 e. The first kappa shape index (κ1) is 17.3. The van der Waals surface area contributed by atoms with Gasteiger partial charge in [-0.25, -0.2) is 18.9 Å². The van der Waals surface area contributed by atoms with Crippen LogP contribution in [0, 0.1) is 5.82 Å². The van der Waals surface area contributed by atoms with Crippen molar-refractivity contribution in [1.82, 2.24) is 24.6 Å². The summed E-state index contributed by atoms with van der Waals surface area (Å²) in [6.45, 7) is 0. The van der Waals surface area contributed by atoms with Crippen LogP contribution >= 0.6 is 11.6 Å². The number of nitrogens with one attached hydrogen (secondary N) is 2. The maximum Gasteiger partial charge on any atom is 0.261 e. The maximum absolute atomic E-state index is 14.1. The summed E-state index contributed by atoms with van der Waals surface area (Å²) >= 11 is 5.93. The predicted octanol–water partition coefficient (Wildman–Crippen LogP) is 4.32. The topological polar surface area (TPSA) is 88.0 Å². The minimum absolute atomic E-state index is 0.262. The van der Waals surface area contributed by atoms with Gasteiger partial charge in [0.05, 0.1) is 11.9 Å². The summed E-state index contributed by atoms with van der Waals surface area (Å²) in [5.41, 5.74) is 2.75. The number of hydrogen-bond acceptors (Lipinski definition) is 4. The highest BCUT2D eigenvalue weighted by atomic mass is 35.5. The molecule has 0 aliphatic heterocycles. The van der Waals surface area contributed by atoms with Crippen LogP contribution in [0.4, 0.5) is 10.1 Å². The van der Waals surface area contributed by atoms with Gasteiger partial charge in [-0.1, -0.05) is 29.8 Å². The van der Waals surface area contributed by atoms with E-state index in [1.807, 2.05) is 0 Å². The number of nitrogens with zero attached hydrogens (tertiary/aromatic N) is 4. The van der Waals surface area contributed by atoms with Crippen molar-refractivity contribution in [2.45, 2.75) is 0 Å². The fourth-order valence-corrected chi connectivity index (χ4v) is 3.28. The summed E-state index contributed by atoms with van der Waals surface area (Å²) in [4.78, 5) is 24.3. The predicted molar refractivity (Wildman–Crippen MR) is 107 cm³/mol. The molecule has 0 unspecified atom stereocenters. The minimum atomic E-state index is -0.396.